The smallest absolute Gasteiger partial charge is 0.0992 e. The third-order valence-corrected chi connectivity index (χ3v) is 5.16. The van der Waals surface area contributed by atoms with E-state index in [1.807, 2.05) is 25.1 Å². The van der Waals surface area contributed by atoms with Gasteiger partial charge in [-0.2, -0.15) is 5.26 Å². The molecular weight excluding hydrogens is 260 g/mol. The van der Waals surface area contributed by atoms with E-state index in [2.05, 4.69) is 11.0 Å². The molecule has 0 spiro atoms. The lowest BCUT2D eigenvalue weighted by atomic mass is 9.94. The van der Waals surface area contributed by atoms with Crippen LogP contribution in [0.3, 0.4) is 0 Å². The minimum absolute atomic E-state index is 0.488. The number of hydrogen-bond donors (Lipinski definition) is 1. The highest BCUT2D eigenvalue weighted by Gasteiger charge is 2.34. The Morgan fingerprint density at radius 2 is 2.00 bits per heavy atom. The summed E-state index contributed by atoms with van der Waals surface area (Å²) >= 11 is 0. The summed E-state index contributed by atoms with van der Waals surface area (Å²) in [4.78, 5) is 2.47. The molecule has 2 fully saturated rings. The van der Waals surface area contributed by atoms with Crippen molar-refractivity contribution in [1.29, 1.82) is 5.26 Å². The van der Waals surface area contributed by atoms with Gasteiger partial charge in [0.1, 0.15) is 0 Å². The standard InChI is InChI=1S/C18H24N2O/c1-13(21)16-9-8-14(12-19)11-18(16)20-10-4-7-17(20)15-5-2-3-6-15/h8-9,11,13,15,17,21H,2-7,10H2,1H3/t13-,17?/m0/s1. The van der Waals surface area contributed by atoms with Crippen LogP contribution in [-0.2, 0) is 0 Å². The maximum Gasteiger partial charge on any atom is 0.0992 e. The third-order valence-electron chi connectivity index (χ3n) is 5.16. The molecule has 1 N–H and O–H groups in total. The molecule has 1 aromatic carbocycles. The molecule has 1 heterocycles. The average Bonchev–Trinajstić information content (AvgIpc) is 3.16. The molecule has 0 bridgehead atoms. The van der Waals surface area contributed by atoms with E-state index in [9.17, 15) is 10.4 Å². The molecule has 1 saturated carbocycles. The molecule has 3 rings (SSSR count). The zero-order chi connectivity index (χ0) is 14.8. The number of aliphatic hydroxyl groups excluding tert-OH is 1. The summed E-state index contributed by atoms with van der Waals surface area (Å²) in [6, 6.07) is 8.53. The molecule has 1 unspecified atom stereocenters. The Kier molecular flexibility index (Phi) is 4.17. The molecule has 112 valence electrons. The Morgan fingerprint density at radius 3 is 2.67 bits per heavy atom. The quantitative estimate of drug-likeness (QED) is 0.919. The Bertz CT molecular complexity index is 541. The summed E-state index contributed by atoms with van der Waals surface area (Å²) in [6.07, 6.45) is 7.37. The SMILES string of the molecule is C[C@H](O)c1ccc(C#N)cc1N1CCCC1C1CCCC1. The summed E-state index contributed by atoms with van der Waals surface area (Å²) in [5, 5.41) is 19.3. The van der Waals surface area contributed by atoms with E-state index in [1.54, 1.807) is 0 Å². The highest BCUT2D eigenvalue weighted by atomic mass is 16.3. The second kappa shape index (κ2) is 6.07. The monoisotopic (exact) mass is 284 g/mol. The predicted octanol–water partition coefficient (Wildman–Crippen LogP) is 3.77. The first-order chi connectivity index (χ1) is 10.2. The van der Waals surface area contributed by atoms with E-state index in [-0.39, 0.29) is 0 Å². The third kappa shape index (κ3) is 2.78. The molecule has 0 amide bonds. The molecule has 1 aliphatic carbocycles. The van der Waals surface area contributed by atoms with Crippen molar-refractivity contribution in [2.45, 2.75) is 57.6 Å². The first kappa shape index (κ1) is 14.4. The van der Waals surface area contributed by atoms with E-state index in [0.717, 1.165) is 23.7 Å². The van der Waals surface area contributed by atoms with Gasteiger partial charge in [-0.1, -0.05) is 18.9 Å². The van der Waals surface area contributed by atoms with Crippen LogP contribution in [0.5, 0.6) is 0 Å². The molecule has 1 aliphatic heterocycles. The Balaban J connectivity index is 1.95. The van der Waals surface area contributed by atoms with Gasteiger partial charge in [0, 0.05) is 23.8 Å². The van der Waals surface area contributed by atoms with Crippen LogP contribution >= 0.6 is 0 Å². The summed E-state index contributed by atoms with van der Waals surface area (Å²) in [6.45, 7) is 2.86. The lowest BCUT2D eigenvalue weighted by molar-refractivity contribution is 0.199. The minimum atomic E-state index is -0.488. The minimum Gasteiger partial charge on any atom is -0.389 e. The number of anilines is 1. The van der Waals surface area contributed by atoms with E-state index < -0.39 is 6.10 Å². The van der Waals surface area contributed by atoms with Crippen molar-refractivity contribution in [3.05, 3.63) is 29.3 Å². The van der Waals surface area contributed by atoms with E-state index in [4.69, 9.17) is 0 Å². The first-order valence-electron chi connectivity index (χ1n) is 8.19. The van der Waals surface area contributed by atoms with Crippen molar-refractivity contribution in [2.75, 3.05) is 11.4 Å². The van der Waals surface area contributed by atoms with Crippen LogP contribution in [0.4, 0.5) is 5.69 Å². The van der Waals surface area contributed by atoms with Crippen molar-refractivity contribution in [3.8, 4) is 6.07 Å². The summed E-state index contributed by atoms with van der Waals surface area (Å²) in [5.41, 5.74) is 2.73. The van der Waals surface area contributed by atoms with Crippen LogP contribution in [0, 0.1) is 17.2 Å². The second-order valence-corrected chi connectivity index (χ2v) is 6.51. The molecule has 3 nitrogen and oxygen atoms in total. The number of rotatable bonds is 3. The second-order valence-electron chi connectivity index (χ2n) is 6.51. The fourth-order valence-corrected chi connectivity index (χ4v) is 4.14. The molecule has 21 heavy (non-hydrogen) atoms. The number of benzene rings is 1. The lowest BCUT2D eigenvalue weighted by Crippen LogP contribution is -2.35. The molecular formula is C18H24N2O. The van der Waals surface area contributed by atoms with Gasteiger partial charge in [0.2, 0.25) is 0 Å². The average molecular weight is 284 g/mol. The van der Waals surface area contributed by atoms with Crippen molar-refractivity contribution in [2.24, 2.45) is 5.92 Å². The van der Waals surface area contributed by atoms with Crippen molar-refractivity contribution < 1.29 is 5.11 Å². The topological polar surface area (TPSA) is 47.3 Å². The van der Waals surface area contributed by atoms with E-state index in [1.165, 1.54) is 38.5 Å². The van der Waals surface area contributed by atoms with Crippen LogP contribution in [0.2, 0.25) is 0 Å². The molecule has 0 aromatic heterocycles. The first-order valence-corrected chi connectivity index (χ1v) is 8.19. The maximum absolute atomic E-state index is 10.1. The summed E-state index contributed by atoms with van der Waals surface area (Å²) in [7, 11) is 0. The van der Waals surface area contributed by atoms with Crippen molar-refractivity contribution in [3.63, 3.8) is 0 Å². The van der Waals surface area contributed by atoms with Gasteiger partial charge < -0.3 is 10.0 Å². The van der Waals surface area contributed by atoms with Gasteiger partial charge in [-0.05, 0) is 50.7 Å². The van der Waals surface area contributed by atoms with Crippen LogP contribution in [0.15, 0.2) is 18.2 Å². The van der Waals surface area contributed by atoms with Crippen molar-refractivity contribution >= 4 is 5.69 Å². The van der Waals surface area contributed by atoms with Crippen LogP contribution in [-0.4, -0.2) is 17.7 Å². The molecule has 3 heteroatoms. The van der Waals surface area contributed by atoms with E-state index in [0.29, 0.717) is 11.6 Å². The van der Waals surface area contributed by atoms with Crippen molar-refractivity contribution in [1.82, 2.24) is 0 Å². The predicted molar refractivity (Wildman–Crippen MR) is 84.1 cm³/mol. The van der Waals surface area contributed by atoms with E-state index >= 15 is 0 Å². The normalized spacial score (nSPS) is 24.2. The molecule has 1 aromatic rings. The maximum atomic E-state index is 10.1. The fraction of sp³-hybridized carbons (Fsp3) is 0.611. The van der Waals surface area contributed by atoms with Crippen LogP contribution < -0.4 is 4.90 Å². The van der Waals surface area contributed by atoms with Gasteiger partial charge in [0.05, 0.1) is 17.7 Å². The van der Waals surface area contributed by atoms with Gasteiger partial charge in [-0.15, -0.1) is 0 Å². The molecule has 2 aliphatic rings. The zero-order valence-corrected chi connectivity index (χ0v) is 12.8. The summed E-state index contributed by atoms with van der Waals surface area (Å²) < 4.78 is 0. The molecule has 2 atom stereocenters. The van der Waals surface area contributed by atoms with Gasteiger partial charge >= 0.3 is 0 Å². The highest BCUT2D eigenvalue weighted by Crippen LogP contribution is 2.40. The van der Waals surface area contributed by atoms with Crippen LogP contribution in [0.1, 0.15) is 62.7 Å². The number of hydrogen-bond acceptors (Lipinski definition) is 3. The number of aliphatic hydroxyl groups is 1. The van der Waals surface area contributed by atoms with Gasteiger partial charge in [0.15, 0.2) is 0 Å². The number of nitriles is 1. The largest absolute Gasteiger partial charge is 0.389 e. The fourth-order valence-electron chi connectivity index (χ4n) is 4.14. The Hall–Kier alpha value is -1.53. The summed E-state index contributed by atoms with van der Waals surface area (Å²) in [5.74, 6) is 0.792. The number of nitrogens with zero attached hydrogens (tertiary/aromatic N) is 2. The van der Waals surface area contributed by atoms with Gasteiger partial charge in [-0.25, -0.2) is 0 Å². The lowest BCUT2D eigenvalue weighted by Gasteiger charge is -2.33. The Morgan fingerprint density at radius 1 is 1.24 bits per heavy atom. The van der Waals surface area contributed by atoms with Gasteiger partial charge in [0.25, 0.3) is 0 Å². The Labute approximate surface area is 127 Å². The van der Waals surface area contributed by atoms with Crippen LogP contribution in [0.25, 0.3) is 0 Å². The zero-order valence-electron chi connectivity index (χ0n) is 12.8. The molecule has 0 radical (unpaired) electrons. The van der Waals surface area contributed by atoms with Gasteiger partial charge in [-0.3, -0.25) is 0 Å². The highest BCUT2D eigenvalue weighted by molar-refractivity contribution is 5.59. The molecule has 1 saturated heterocycles.